The molecule has 19 heavy (non-hydrogen) atoms. The number of aliphatic hydroxyl groups excluding tert-OH is 1. The summed E-state index contributed by atoms with van der Waals surface area (Å²) in [5, 5.41) is 13.3. The Morgan fingerprint density at radius 1 is 1.21 bits per heavy atom. The topological polar surface area (TPSA) is 58.0 Å². The van der Waals surface area contributed by atoms with Gasteiger partial charge in [0.2, 0.25) is 5.95 Å². The molecule has 0 spiro atoms. The van der Waals surface area contributed by atoms with Gasteiger partial charge in [0.1, 0.15) is 0 Å². The Hall–Kier alpha value is -1.16. The maximum Gasteiger partial charge on any atom is 0.223 e. The molecule has 1 rings (SSSR count). The highest BCUT2D eigenvalue weighted by Crippen LogP contribution is 2.16. The molecular formula is C15H27N3O. The van der Waals surface area contributed by atoms with E-state index in [1.54, 1.807) is 0 Å². The van der Waals surface area contributed by atoms with E-state index in [1.807, 2.05) is 13.0 Å². The van der Waals surface area contributed by atoms with Crippen LogP contribution in [-0.2, 0) is 0 Å². The average molecular weight is 265 g/mol. The number of rotatable bonds is 7. The number of aromatic nitrogens is 2. The zero-order valence-electron chi connectivity index (χ0n) is 12.8. The van der Waals surface area contributed by atoms with E-state index in [0.29, 0.717) is 24.3 Å². The highest BCUT2D eigenvalue weighted by atomic mass is 16.3. The summed E-state index contributed by atoms with van der Waals surface area (Å²) in [5.74, 6) is 1.33. The van der Waals surface area contributed by atoms with Crippen LogP contribution in [0, 0.1) is 12.8 Å². The van der Waals surface area contributed by atoms with Crippen molar-refractivity contribution in [3.63, 3.8) is 0 Å². The summed E-state index contributed by atoms with van der Waals surface area (Å²) in [4.78, 5) is 8.85. The van der Waals surface area contributed by atoms with Crippen molar-refractivity contribution in [2.24, 2.45) is 5.92 Å². The van der Waals surface area contributed by atoms with Gasteiger partial charge in [-0.2, -0.15) is 0 Å². The molecule has 0 saturated heterocycles. The Labute approximate surface area is 116 Å². The third-order valence-corrected chi connectivity index (χ3v) is 3.53. The van der Waals surface area contributed by atoms with E-state index in [1.165, 1.54) is 0 Å². The standard InChI is InChI=1S/C15H27N3O/c1-6-12(7-2)14(19)9-16-15-17-11(5)8-13(18-15)10(3)4/h8,10,12,14,19H,6-7,9H2,1-5H3,(H,16,17,18). The monoisotopic (exact) mass is 265 g/mol. The molecule has 108 valence electrons. The molecule has 0 saturated carbocycles. The van der Waals surface area contributed by atoms with Gasteiger partial charge in [0.15, 0.2) is 0 Å². The van der Waals surface area contributed by atoms with Crippen LogP contribution in [0.3, 0.4) is 0 Å². The van der Waals surface area contributed by atoms with Gasteiger partial charge in [0, 0.05) is 17.9 Å². The van der Waals surface area contributed by atoms with E-state index < -0.39 is 0 Å². The SMILES string of the molecule is CCC(CC)C(O)CNc1nc(C)cc(C(C)C)n1. The lowest BCUT2D eigenvalue weighted by atomic mass is 9.97. The molecule has 0 bridgehead atoms. The van der Waals surface area contributed by atoms with Gasteiger partial charge in [-0.15, -0.1) is 0 Å². The largest absolute Gasteiger partial charge is 0.391 e. The van der Waals surface area contributed by atoms with Crippen LogP contribution in [-0.4, -0.2) is 27.7 Å². The Balaban J connectivity index is 2.67. The molecule has 0 amide bonds. The first-order valence-electron chi connectivity index (χ1n) is 7.25. The first-order chi connectivity index (χ1) is 8.97. The minimum atomic E-state index is -0.346. The molecule has 4 heteroatoms. The molecule has 0 aliphatic heterocycles. The Bertz CT molecular complexity index is 389. The lowest BCUT2D eigenvalue weighted by Gasteiger charge is -2.20. The van der Waals surface area contributed by atoms with Crippen LogP contribution in [0.1, 0.15) is 57.8 Å². The van der Waals surface area contributed by atoms with E-state index in [4.69, 9.17) is 0 Å². The summed E-state index contributed by atoms with van der Waals surface area (Å²) < 4.78 is 0. The fourth-order valence-electron chi connectivity index (χ4n) is 2.16. The molecule has 0 aliphatic carbocycles. The Morgan fingerprint density at radius 3 is 2.37 bits per heavy atom. The maximum absolute atomic E-state index is 10.1. The quantitative estimate of drug-likeness (QED) is 0.795. The van der Waals surface area contributed by atoms with Crippen LogP contribution in [0.15, 0.2) is 6.07 Å². The fraction of sp³-hybridized carbons (Fsp3) is 0.733. The van der Waals surface area contributed by atoms with Crippen LogP contribution in [0.25, 0.3) is 0 Å². The van der Waals surface area contributed by atoms with Crippen molar-refractivity contribution in [1.82, 2.24) is 9.97 Å². The van der Waals surface area contributed by atoms with E-state index >= 15 is 0 Å². The number of anilines is 1. The van der Waals surface area contributed by atoms with Crippen molar-refractivity contribution >= 4 is 5.95 Å². The van der Waals surface area contributed by atoms with E-state index in [9.17, 15) is 5.11 Å². The molecule has 2 N–H and O–H groups in total. The molecule has 1 heterocycles. The number of hydrogen-bond acceptors (Lipinski definition) is 4. The highest BCUT2D eigenvalue weighted by molar-refractivity contribution is 5.29. The van der Waals surface area contributed by atoms with Gasteiger partial charge in [0.05, 0.1) is 6.10 Å². The van der Waals surface area contributed by atoms with Crippen molar-refractivity contribution < 1.29 is 5.11 Å². The van der Waals surface area contributed by atoms with Crippen LogP contribution < -0.4 is 5.32 Å². The van der Waals surface area contributed by atoms with Crippen molar-refractivity contribution in [3.8, 4) is 0 Å². The van der Waals surface area contributed by atoms with Gasteiger partial charge < -0.3 is 10.4 Å². The number of aliphatic hydroxyl groups is 1. The number of hydrogen-bond donors (Lipinski definition) is 2. The maximum atomic E-state index is 10.1. The fourth-order valence-corrected chi connectivity index (χ4v) is 2.16. The van der Waals surface area contributed by atoms with Crippen molar-refractivity contribution in [1.29, 1.82) is 0 Å². The van der Waals surface area contributed by atoms with Gasteiger partial charge in [-0.05, 0) is 24.8 Å². The minimum absolute atomic E-state index is 0.335. The lowest BCUT2D eigenvalue weighted by molar-refractivity contribution is 0.114. The van der Waals surface area contributed by atoms with E-state index in [2.05, 4.69) is 43.0 Å². The number of aryl methyl sites for hydroxylation is 1. The summed E-state index contributed by atoms with van der Waals surface area (Å²) in [6.07, 6.45) is 1.64. The smallest absolute Gasteiger partial charge is 0.223 e. The second-order valence-corrected chi connectivity index (χ2v) is 5.44. The molecule has 1 atom stereocenters. The zero-order valence-corrected chi connectivity index (χ0v) is 12.8. The third kappa shape index (κ3) is 4.78. The van der Waals surface area contributed by atoms with Crippen LogP contribution in [0.4, 0.5) is 5.95 Å². The molecule has 0 aromatic carbocycles. The predicted molar refractivity (Wildman–Crippen MR) is 79.4 cm³/mol. The molecule has 0 radical (unpaired) electrons. The third-order valence-electron chi connectivity index (χ3n) is 3.53. The first-order valence-corrected chi connectivity index (χ1v) is 7.25. The molecule has 1 unspecified atom stereocenters. The lowest BCUT2D eigenvalue weighted by Crippen LogP contribution is -2.28. The summed E-state index contributed by atoms with van der Waals surface area (Å²) in [6, 6.07) is 2.01. The second kappa shape index (κ2) is 7.43. The molecule has 1 aromatic heterocycles. The minimum Gasteiger partial charge on any atom is -0.391 e. The number of nitrogens with one attached hydrogen (secondary N) is 1. The van der Waals surface area contributed by atoms with Crippen LogP contribution in [0.5, 0.6) is 0 Å². The van der Waals surface area contributed by atoms with Gasteiger partial charge in [-0.25, -0.2) is 9.97 Å². The van der Waals surface area contributed by atoms with Crippen molar-refractivity contribution in [2.45, 2.75) is 59.5 Å². The summed E-state index contributed by atoms with van der Waals surface area (Å²) >= 11 is 0. The Morgan fingerprint density at radius 2 is 1.84 bits per heavy atom. The molecular weight excluding hydrogens is 238 g/mol. The summed E-state index contributed by atoms with van der Waals surface area (Å²) in [5.41, 5.74) is 1.99. The predicted octanol–water partition coefficient (Wildman–Crippen LogP) is 3.12. The van der Waals surface area contributed by atoms with Gasteiger partial charge >= 0.3 is 0 Å². The normalized spacial score (nSPS) is 13.1. The van der Waals surface area contributed by atoms with E-state index in [-0.39, 0.29) is 6.10 Å². The van der Waals surface area contributed by atoms with Crippen LogP contribution >= 0.6 is 0 Å². The van der Waals surface area contributed by atoms with Crippen molar-refractivity contribution in [2.75, 3.05) is 11.9 Å². The van der Waals surface area contributed by atoms with E-state index in [0.717, 1.165) is 24.2 Å². The van der Waals surface area contributed by atoms with Crippen LogP contribution in [0.2, 0.25) is 0 Å². The highest BCUT2D eigenvalue weighted by Gasteiger charge is 2.15. The summed E-state index contributed by atoms with van der Waals surface area (Å²) in [6.45, 7) is 10.9. The second-order valence-electron chi connectivity index (χ2n) is 5.44. The average Bonchev–Trinajstić information content (AvgIpc) is 2.37. The van der Waals surface area contributed by atoms with Gasteiger partial charge in [-0.3, -0.25) is 0 Å². The zero-order chi connectivity index (χ0) is 14.4. The molecule has 1 aromatic rings. The molecule has 4 nitrogen and oxygen atoms in total. The first kappa shape index (κ1) is 15.9. The summed E-state index contributed by atoms with van der Waals surface area (Å²) in [7, 11) is 0. The molecule has 0 fully saturated rings. The van der Waals surface area contributed by atoms with Gasteiger partial charge in [0.25, 0.3) is 0 Å². The van der Waals surface area contributed by atoms with Crippen molar-refractivity contribution in [3.05, 3.63) is 17.5 Å². The van der Waals surface area contributed by atoms with Gasteiger partial charge in [-0.1, -0.05) is 40.5 Å². The number of nitrogens with zero attached hydrogens (tertiary/aromatic N) is 2. The Kier molecular flexibility index (Phi) is 6.22. The molecule has 0 aliphatic rings.